The highest BCUT2D eigenvalue weighted by Gasteiger charge is 2.16. The van der Waals surface area contributed by atoms with Crippen molar-refractivity contribution in [3.8, 4) is 0 Å². The minimum Gasteiger partial charge on any atom is -0.383 e. The van der Waals surface area contributed by atoms with Gasteiger partial charge in [0, 0.05) is 25.0 Å². The lowest BCUT2D eigenvalue weighted by Crippen LogP contribution is -2.11. The third-order valence-electron chi connectivity index (χ3n) is 3.87. The largest absolute Gasteiger partial charge is 0.383 e. The van der Waals surface area contributed by atoms with E-state index in [1.54, 1.807) is 7.11 Å². The molecule has 0 bridgehead atoms. The number of thiophene rings is 1. The molecule has 0 spiro atoms. The number of nitrogens with zero attached hydrogens (tertiary/aromatic N) is 3. The SMILES string of the molecule is COCCn1c(Cc2ccccc2)nnc1SCC(=O)c1ccc(C)s1. The van der Waals surface area contributed by atoms with Gasteiger partial charge in [-0.3, -0.25) is 4.79 Å². The maximum Gasteiger partial charge on any atom is 0.191 e. The van der Waals surface area contributed by atoms with E-state index in [2.05, 4.69) is 22.3 Å². The van der Waals surface area contributed by atoms with Crippen LogP contribution in [0.1, 0.15) is 25.9 Å². The van der Waals surface area contributed by atoms with Gasteiger partial charge in [0.25, 0.3) is 0 Å². The van der Waals surface area contributed by atoms with E-state index in [-0.39, 0.29) is 5.78 Å². The van der Waals surface area contributed by atoms with Crippen LogP contribution in [-0.2, 0) is 17.7 Å². The fourth-order valence-electron chi connectivity index (χ4n) is 2.53. The third kappa shape index (κ3) is 4.81. The van der Waals surface area contributed by atoms with Crippen LogP contribution in [0, 0.1) is 6.92 Å². The number of benzene rings is 1. The number of ketones is 1. The van der Waals surface area contributed by atoms with Crippen molar-refractivity contribution in [2.24, 2.45) is 0 Å². The van der Waals surface area contributed by atoms with Crippen molar-refractivity contribution >= 4 is 28.9 Å². The Hall–Kier alpha value is -1.96. The van der Waals surface area contributed by atoms with E-state index in [1.165, 1.54) is 28.7 Å². The summed E-state index contributed by atoms with van der Waals surface area (Å²) in [7, 11) is 1.68. The molecule has 0 amide bonds. The Kier molecular flexibility index (Phi) is 6.60. The first-order valence-electron chi connectivity index (χ1n) is 8.34. The van der Waals surface area contributed by atoms with E-state index < -0.39 is 0 Å². The van der Waals surface area contributed by atoms with Gasteiger partial charge in [0.2, 0.25) is 0 Å². The average Bonchev–Trinajstić information content (AvgIpc) is 3.25. The van der Waals surface area contributed by atoms with E-state index >= 15 is 0 Å². The second kappa shape index (κ2) is 9.12. The lowest BCUT2D eigenvalue weighted by Gasteiger charge is -2.09. The van der Waals surface area contributed by atoms with Gasteiger partial charge in [0.15, 0.2) is 10.9 Å². The highest BCUT2D eigenvalue weighted by Crippen LogP contribution is 2.22. The maximum absolute atomic E-state index is 12.4. The molecular weight excluding hydrogens is 366 g/mol. The van der Waals surface area contributed by atoms with Crippen molar-refractivity contribution in [1.82, 2.24) is 14.8 Å². The molecule has 0 radical (unpaired) electrons. The average molecular weight is 388 g/mol. The number of rotatable bonds is 9. The van der Waals surface area contributed by atoms with Crippen LogP contribution in [0.2, 0.25) is 0 Å². The predicted octanol–water partition coefficient (Wildman–Crippen LogP) is 3.86. The lowest BCUT2D eigenvalue weighted by molar-refractivity contribution is 0.102. The molecule has 26 heavy (non-hydrogen) atoms. The van der Waals surface area contributed by atoms with Crippen molar-refractivity contribution in [1.29, 1.82) is 0 Å². The van der Waals surface area contributed by atoms with Crippen LogP contribution >= 0.6 is 23.1 Å². The molecule has 5 nitrogen and oxygen atoms in total. The van der Waals surface area contributed by atoms with Gasteiger partial charge in [-0.05, 0) is 24.6 Å². The predicted molar refractivity (Wildman–Crippen MR) is 105 cm³/mol. The number of Topliss-reactive ketones (excluding diaryl/α,β-unsaturated/α-hetero) is 1. The molecule has 0 aliphatic rings. The summed E-state index contributed by atoms with van der Waals surface area (Å²) in [6.07, 6.45) is 0.705. The Morgan fingerprint density at radius 2 is 2.00 bits per heavy atom. The first-order valence-corrected chi connectivity index (χ1v) is 10.1. The standard InChI is InChI=1S/C19H21N3O2S2/c1-14-8-9-17(26-14)16(23)13-25-19-21-20-18(22(19)10-11-24-2)12-15-6-4-3-5-7-15/h3-9H,10-13H2,1-2H3. The van der Waals surface area contributed by atoms with E-state index in [1.807, 2.05) is 41.8 Å². The molecule has 0 aliphatic carbocycles. The topological polar surface area (TPSA) is 57.0 Å². The van der Waals surface area contributed by atoms with Crippen molar-refractivity contribution in [2.45, 2.75) is 25.0 Å². The highest BCUT2D eigenvalue weighted by atomic mass is 32.2. The summed E-state index contributed by atoms with van der Waals surface area (Å²) in [4.78, 5) is 14.3. The van der Waals surface area contributed by atoms with Crippen LogP contribution in [0.25, 0.3) is 0 Å². The van der Waals surface area contributed by atoms with E-state index in [0.717, 1.165) is 20.7 Å². The molecule has 136 valence electrons. The number of methoxy groups -OCH3 is 1. The molecule has 2 aromatic heterocycles. The van der Waals surface area contributed by atoms with Gasteiger partial charge in [-0.25, -0.2) is 0 Å². The van der Waals surface area contributed by atoms with Crippen molar-refractivity contribution in [3.63, 3.8) is 0 Å². The molecule has 0 saturated heterocycles. The Morgan fingerprint density at radius 1 is 1.19 bits per heavy atom. The monoisotopic (exact) mass is 387 g/mol. The normalized spacial score (nSPS) is 11.0. The number of hydrogen-bond donors (Lipinski definition) is 0. The zero-order chi connectivity index (χ0) is 18.4. The second-order valence-electron chi connectivity index (χ2n) is 5.83. The summed E-state index contributed by atoms with van der Waals surface area (Å²) in [5.41, 5.74) is 1.18. The van der Waals surface area contributed by atoms with Gasteiger partial charge in [-0.15, -0.1) is 21.5 Å². The summed E-state index contributed by atoms with van der Waals surface area (Å²) in [6, 6.07) is 14.0. The Morgan fingerprint density at radius 3 is 2.69 bits per heavy atom. The molecule has 0 unspecified atom stereocenters. The Bertz CT molecular complexity index is 859. The van der Waals surface area contributed by atoms with Gasteiger partial charge in [0.1, 0.15) is 5.82 Å². The number of hydrogen-bond acceptors (Lipinski definition) is 6. The fourth-order valence-corrected chi connectivity index (χ4v) is 4.29. The van der Waals surface area contributed by atoms with Crippen LogP contribution in [0.15, 0.2) is 47.6 Å². The molecule has 0 aliphatic heterocycles. The molecule has 0 saturated carbocycles. The number of aromatic nitrogens is 3. The zero-order valence-electron chi connectivity index (χ0n) is 14.8. The van der Waals surface area contributed by atoms with Crippen LogP contribution < -0.4 is 0 Å². The maximum atomic E-state index is 12.4. The van der Waals surface area contributed by atoms with E-state index in [0.29, 0.717) is 25.3 Å². The summed E-state index contributed by atoms with van der Waals surface area (Å²) in [6.45, 7) is 3.25. The highest BCUT2D eigenvalue weighted by molar-refractivity contribution is 7.99. The van der Waals surface area contributed by atoms with Crippen LogP contribution in [0.5, 0.6) is 0 Å². The zero-order valence-corrected chi connectivity index (χ0v) is 16.5. The molecule has 7 heteroatoms. The van der Waals surface area contributed by atoms with Gasteiger partial charge in [0.05, 0.1) is 17.2 Å². The number of aryl methyl sites for hydroxylation is 1. The molecule has 0 N–H and O–H groups in total. The quantitative estimate of drug-likeness (QED) is 0.412. The van der Waals surface area contributed by atoms with Crippen molar-refractivity contribution in [3.05, 3.63) is 63.6 Å². The van der Waals surface area contributed by atoms with Crippen molar-refractivity contribution in [2.75, 3.05) is 19.5 Å². The second-order valence-corrected chi connectivity index (χ2v) is 8.06. The molecule has 3 rings (SSSR count). The van der Waals surface area contributed by atoms with Gasteiger partial charge in [-0.2, -0.15) is 0 Å². The van der Waals surface area contributed by atoms with Crippen LogP contribution in [-0.4, -0.2) is 40.0 Å². The lowest BCUT2D eigenvalue weighted by atomic mass is 10.1. The number of ether oxygens (including phenoxy) is 1. The number of thioether (sulfide) groups is 1. The first-order chi connectivity index (χ1) is 12.7. The summed E-state index contributed by atoms with van der Waals surface area (Å²) >= 11 is 2.96. The summed E-state index contributed by atoms with van der Waals surface area (Å²) < 4.78 is 7.27. The summed E-state index contributed by atoms with van der Waals surface area (Å²) in [5.74, 6) is 1.37. The number of carbonyl (C=O) groups excluding carboxylic acids is 1. The fraction of sp³-hybridized carbons (Fsp3) is 0.316. The first kappa shape index (κ1) is 18.8. The number of carbonyl (C=O) groups is 1. The molecule has 0 fully saturated rings. The molecular formula is C19H21N3O2S2. The minimum atomic E-state index is 0.124. The molecule has 1 aromatic carbocycles. The Labute approximate surface area is 161 Å². The van der Waals surface area contributed by atoms with E-state index in [9.17, 15) is 4.79 Å². The van der Waals surface area contributed by atoms with Crippen LogP contribution in [0.4, 0.5) is 0 Å². The summed E-state index contributed by atoms with van der Waals surface area (Å²) in [5, 5.41) is 9.41. The molecule has 2 heterocycles. The third-order valence-corrected chi connectivity index (χ3v) is 5.87. The van der Waals surface area contributed by atoms with Crippen LogP contribution in [0.3, 0.4) is 0 Å². The van der Waals surface area contributed by atoms with E-state index in [4.69, 9.17) is 4.74 Å². The van der Waals surface area contributed by atoms with Gasteiger partial charge < -0.3 is 9.30 Å². The Balaban J connectivity index is 1.72. The van der Waals surface area contributed by atoms with Crippen molar-refractivity contribution < 1.29 is 9.53 Å². The van der Waals surface area contributed by atoms with Gasteiger partial charge >= 0.3 is 0 Å². The molecule has 0 atom stereocenters. The van der Waals surface area contributed by atoms with Gasteiger partial charge in [-0.1, -0.05) is 42.1 Å². The smallest absolute Gasteiger partial charge is 0.191 e. The minimum absolute atomic E-state index is 0.124. The molecule has 3 aromatic rings.